The molecule has 4 rings (SSSR count). The second-order valence-corrected chi connectivity index (χ2v) is 9.78. The van der Waals surface area contributed by atoms with Crippen molar-refractivity contribution in [3.05, 3.63) is 88.7 Å². The van der Waals surface area contributed by atoms with E-state index in [0.717, 1.165) is 71.6 Å². The number of benzene rings is 3. The van der Waals surface area contributed by atoms with Gasteiger partial charge in [-0.25, -0.2) is 4.39 Å². The molecule has 35 heavy (non-hydrogen) atoms. The van der Waals surface area contributed by atoms with Crippen molar-refractivity contribution in [1.82, 2.24) is 0 Å². The van der Waals surface area contributed by atoms with E-state index in [0.29, 0.717) is 13.0 Å². The Morgan fingerprint density at radius 2 is 1.74 bits per heavy atom. The van der Waals surface area contributed by atoms with E-state index in [1.165, 1.54) is 6.07 Å². The van der Waals surface area contributed by atoms with E-state index in [4.69, 9.17) is 21.1 Å². The lowest BCUT2D eigenvalue weighted by molar-refractivity contribution is -0.117. The fraction of sp³-hybridized carbons (Fsp3) is 0.367. The van der Waals surface area contributed by atoms with E-state index in [2.05, 4.69) is 6.07 Å². The van der Waals surface area contributed by atoms with Gasteiger partial charge in [-0.2, -0.15) is 0 Å². The monoisotopic (exact) mass is 494 g/mol. The van der Waals surface area contributed by atoms with Crippen LogP contribution >= 0.6 is 11.6 Å². The summed E-state index contributed by atoms with van der Waals surface area (Å²) in [5, 5.41) is 0.727. The van der Waals surface area contributed by atoms with E-state index in [1.807, 2.05) is 42.5 Å². The first-order valence-corrected chi connectivity index (χ1v) is 12.7. The zero-order valence-electron chi connectivity index (χ0n) is 20.1. The molecule has 0 saturated heterocycles. The fourth-order valence-electron chi connectivity index (χ4n) is 4.65. The Bertz CT molecular complexity index is 1140. The fourth-order valence-corrected chi connectivity index (χ4v) is 4.86. The summed E-state index contributed by atoms with van der Waals surface area (Å²) in [6, 6.07) is 20.5. The third-order valence-corrected chi connectivity index (χ3v) is 6.73. The maximum Gasteiger partial charge on any atom is 0.129 e. The van der Waals surface area contributed by atoms with Crippen LogP contribution in [0.1, 0.15) is 56.6 Å². The van der Waals surface area contributed by atoms with E-state index in [9.17, 15) is 9.18 Å². The van der Waals surface area contributed by atoms with Crippen molar-refractivity contribution in [3.63, 3.8) is 0 Å². The zero-order valence-corrected chi connectivity index (χ0v) is 20.9. The summed E-state index contributed by atoms with van der Waals surface area (Å²) in [7, 11) is 0. The van der Waals surface area contributed by atoms with Gasteiger partial charge in [-0.1, -0.05) is 41.9 Å². The van der Waals surface area contributed by atoms with Crippen molar-refractivity contribution in [2.75, 3.05) is 0 Å². The molecular formula is C30H32ClFO3. The second-order valence-electron chi connectivity index (χ2n) is 9.34. The standard InChI is InChI=1S/C30H32ClFO3/c1-21(33)5-2-7-23-11-12-29(19-30(23)24-8-4-10-26(32)18-24)35-28-15-13-27(14-16-28)34-20-22-6-3-9-25(31)17-22/h3-4,6,8-12,17-19,27-28H,2,5,7,13-16,20H2,1H3. The van der Waals surface area contributed by atoms with Gasteiger partial charge in [0.25, 0.3) is 0 Å². The highest BCUT2D eigenvalue weighted by Crippen LogP contribution is 2.32. The zero-order chi connectivity index (χ0) is 24.6. The number of carbonyl (C=O) groups is 1. The molecule has 3 nitrogen and oxygen atoms in total. The average molecular weight is 495 g/mol. The predicted octanol–water partition coefficient (Wildman–Crippen LogP) is 7.96. The predicted molar refractivity (Wildman–Crippen MR) is 138 cm³/mol. The number of ether oxygens (including phenoxy) is 2. The first kappa shape index (κ1) is 25.4. The molecule has 0 amide bonds. The molecule has 0 N–H and O–H groups in total. The summed E-state index contributed by atoms with van der Waals surface area (Å²) in [6.45, 7) is 2.18. The molecule has 184 valence electrons. The minimum atomic E-state index is -0.264. The highest BCUT2D eigenvalue weighted by Gasteiger charge is 2.23. The van der Waals surface area contributed by atoms with Crippen LogP contribution in [0.4, 0.5) is 4.39 Å². The summed E-state index contributed by atoms with van der Waals surface area (Å²) >= 11 is 6.06. The smallest absolute Gasteiger partial charge is 0.129 e. The largest absolute Gasteiger partial charge is 0.490 e. The maximum atomic E-state index is 13.9. The topological polar surface area (TPSA) is 35.5 Å². The van der Waals surface area contributed by atoms with Crippen LogP contribution in [0.15, 0.2) is 66.7 Å². The molecule has 0 atom stereocenters. The quantitative estimate of drug-likeness (QED) is 0.286. The van der Waals surface area contributed by atoms with Crippen molar-refractivity contribution < 1.29 is 18.7 Å². The SMILES string of the molecule is CC(=O)CCCc1ccc(OC2CCC(OCc3cccc(Cl)c3)CC2)cc1-c1cccc(F)c1. The number of halogens is 2. The highest BCUT2D eigenvalue weighted by atomic mass is 35.5. The molecule has 0 bridgehead atoms. The van der Waals surface area contributed by atoms with Gasteiger partial charge in [0, 0.05) is 11.4 Å². The average Bonchev–Trinajstić information content (AvgIpc) is 2.84. The van der Waals surface area contributed by atoms with Gasteiger partial charge in [0.05, 0.1) is 18.8 Å². The lowest BCUT2D eigenvalue weighted by Crippen LogP contribution is -2.28. The number of ketones is 1. The highest BCUT2D eigenvalue weighted by molar-refractivity contribution is 6.30. The van der Waals surface area contributed by atoms with Crippen LogP contribution in [-0.2, 0) is 22.6 Å². The van der Waals surface area contributed by atoms with Gasteiger partial charge in [0.1, 0.15) is 17.3 Å². The van der Waals surface area contributed by atoms with Crippen molar-refractivity contribution in [2.24, 2.45) is 0 Å². The van der Waals surface area contributed by atoms with Gasteiger partial charge in [-0.3, -0.25) is 0 Å². The first-order valence-electron chi connectivity index (χ1n) is 12.4. The first-order chi connectivity index (χ1) is 17.0. The molecular weight excluding hydrogens is 463 g/mol. The number of hydrogen-bond acceptors (Lipinski definition) is 3. The molecule has 3 aromatic rings. The lowest BCUT2D eigenvalue weighted by Gasteiger charge is -2.29. The summed E-state index contributed by atoms with van der Waals surface area (Å²) in [4.78, 5) is 11.4. The van der Waals surface area contributed by atoms with Crippen molar-refractivity contribution in [2.45, 2.75) is 70.7 Å². The minimum absolute atomic E-state index is 0.130. The number of hydrogen-bond donors (Lipinski definition) is 0. The molecule has 1 aliphatic rings. The van der Waals surface area contributed by atoms with Gasteiger partial charge in [0.2, 0.25) is 0 Å². The van der Waals surface area contributed by atoms with E-state index in [-0.39, 0.29) is 23.8 Å². The Labute approximate surface area is 212 Å². The summed E-state index contributed by atoms with van der Waals surface area (Å²) < 4.78 is 26.4. The Morgan fingerprint density at radius 3 is 2.49 bits per heavy atom. The van der Waals surface area contributed by atoms with Crippen LogP contribution in [0, 0.1) is 5.82 Å². The van der Waals surface area contributed by atoms with E-state index in [1.54, 1.807) is 19.1 Å². The Kier molecular flexibility index (Phi) is 8.95. The van der Waals surface area contributed by atoms with Crippen LogP contribution in [0.2, 0.25) is 5.02 Å². The number of Topliss-reactive ketones (excluding diaryl/α,β-unsaturated/α-hetero) is 1. The molecule has 3 aromatic carbocycles. The Hall–Kier alpha value is -2.69. The van der Waals surface area contributed by atoms with Crippen LogP contribution in [0.25, 0.3) is 11.1 Å². The third kappa shape index (κ3) is 7.65. The summed E-state index contributed by atoms with van der Waals surface area (Å²) in [5.41, 5.74) is 3.97. The van der Waals surface area contributed by atoms with Crippen LogP contribution in [0.3, 0.4) is 0 Å². The van der Waals surface area contributed by atoms with Gasteiger partial charge >= 0.3 is 0 Å². The minimum Gasteiger partial charge on any atom is -0.490 e. The van der Waals surface area contributed by atoms with Gasteiger partial charge in [-0.15, -0.1) is 0 Å². The number of aryl methyl sites for hydroxylation is 1. The summed E-state index contributed by atoms with van der Waals surface area (Å²) in [5.74, 6) is 0.715. The van der Waals surface area contributed by atoms with Crippen LogP contribution in [0.5, 0.6) is 5.75 Å². The molecule has 0 aliphatic heterocycles. The van der Waals surface area contributed by atoms with Crippen LogP contribution in [-0.4, -0.2) is 18.0 Å². The molecule has 1 aliphatic carbocycles. The normalized spacial score (nSPS) is 17.8. The molecule has 5 heteroatoms. The van der Waals surface area contributed by atoms with E-state index >= 15 is 0 Å². The number of carbonyl (C=O) groups excluding carboxylic acids is 1. The molecule has 0 aromatic heterocycles. The summed E-state index contributed by atoms with van der Waals surface area (Å²) in [6.07, 6.45) is 6.19. The lowest BCUT2D eigenvalue weighted by atomic mass is 9.94. The van der Waals surface area contributed by atoms with Crippen molar-refractivity contribution >= 4 is 17.4 Å². The van der Waals surface area contributed by atoms with Crippen molar-refractivity contribution in [3.8, 4) is 16.9 Å². The van der Waals surface area contributed by atoms with Crippen molar-refractivity contribution in [1.29, 1.82) is 0 Å². The third-order valence-electron chi connectivity index (χ3n) is 6.49. The van der Waals surface area contributed by atoms with Gasteiger partial charge in [0.15, 0.2) is 0 Å². The van der Waals surface area contributed by atoms with Gasteiger partial charge < -0.3 is 14.3 Å². The Morgan fingerprint density at radius 1 is 0.971 bits per heavy atom. The molecule has 1 fully saturated rings. The molecule has 1 saturated carbocycles. The Balaban J connectivity index is 1.37. The van der Waals surface area contributed by atoms with Gasteiger partial charge in [-0.05, 0) is 104 Å². The molecule has 0 heterocycles. The molecule has 0 spiro atoms. The van der Waals surface area contributed by atoms with E-state index < -0.39 is 0 Å². The molecule has 0 unspecified atom stereocenters. The maximum absolute atomic E-state index is 13.9. The molecule has 0 radical (unpaired) electrons. The number of rotatable bonds is 10. The second kappa shape index (κ2) is 12.3. The van der Waals surface area contributed by atoms with Crippen LogP contribution < -0.4 is 4.74 Å².